The molecule has 3 N–H and O–H groups in total. The number of aliphatic hydroxyl groups excluding tert-OH is 1. The Morgan fingerprint density at radius 2 is 2.26 bits per heavy atom. The standard InChI is InChI=1S/C15H24N2O2/c1-10-7-11-12(8-15(2,3)9-13(11)18)17(10)6-4-5-14(16)19/h7,13,18H,4-6,8-9H2,1-3H3,(H2,16,19). The molecule has 0 bridgehead atoms. The second-order valence-electron chi connectivity index (χ2n) is 6.47. The monoisotopic (exact) mass is 264 g/mol. The molecule has 4 heteroatoms. The zero-order valence-corrected chi connectivity index (χ0v) is 12.1. The first kappa shape index (κ1) is 14.1. The Labute approximate surface area is 114 Å². The predicted octanol–water partition coefficient (Wildman–Crippen LogP) is 2.07. The van der Waals surface area contributed by atoms with E-state index in [1.807, 2.05) is 0 Å². The number of rotatable bonds is 4. The van der Waals surface area contributed by atoms with E-state index < -0.39 is 0 Å². The number of aromatic nitrogens is 1. The lowest BCUT2D eigenvalue weighted by Crippen LogP contribution is -2.27. The van der Waals surface area contributed by atoms with Gasteiger partial charge in [-0.15, -0.1) is 0 Å². The first-order chi connectivity index (χ1) is 8.80. The third-order valence-corrected chi connectivity index (χ3v) is 4.01. The molecule has 0 saturated carbocycles. The number of hydrogen-bond acceptors (Lipinski definition) is 2. The molecule has 0 aromatic carbocycles. The van der Waals surface area contributed by atoms with Gasteiger partial charge in [0.2, 0.25) is 5.91 Å². The quantitative estimate of drug-likeness (QED) is 0.874. The summed E-state index contributed by atoms with van der Waals surface area (Å²) in [6.45, 7) is 7.24. The topological polar surface area (TPSA) is 68.2 Å². The van der Waals surface area contributed by atoms with Crippen molar-refractivity contribution in [1.29, 1.82) is 0 Å². The van der Waals surface area contributed by atoms with Crippen LogP contribution in [0, 0.1) is 12.3 Å². The summed E-state index contributed by atoms with van der Waals surface area (Å²) in [5.41, 5.74) is 8.76. The van der Waals surface area contributed by atoms with E-state index in [0.29, 0.717) is 6.42 Å². The number of carbonyl (C=O) groups is 1. The van der Waals surface area contributed by atoms with Gasteiger partial charge in [0.15, 0.2) is 0 Å². The summed E-state index contributed by atoms with van der Waals surface area (Å²) in [6, 6.07) is 2.08. The van der Waals surface area contributed by atoms with Crippen LogP contribution in [0.5, 0.6) is 0 Å². The average Bonchev–Trinajstić information content (AvgIpc) is 2.55. The zero-order valence-electron chi connectivity index (χ0n) is 12.1. The number of primary amides is 1. The van der Waals surface area contributed by atoms with Crippen molar-refractivity contribution in [2.75, 3.05) is 0 Å². The van der Waals surface area contributed by atoms with E-state index in [0.717, 1.165) is 37.1 Å². The molecule has 1 aromatic heterocycles. The van der Waals surface area contributed by atoms with Crippen LogP contribution >= 0.6 is 0 Å². The van der Waals surface area contributed by atoms with Gasteiger partial charge in [-0.2, -0.15) is 0 Å². The van der Waals surface area contributed by atoms with E-state index >= 15 is 0 Å². The van der Waals surface area contributed by atoms with Crippen LogP contribution in [0.1, 0.15) is 56.2 Å². The lowest BCUT2D eigenvalue weighted by molar-refractivity contribution is -0.118. The SMILES string of the molecule is Cc1cc2c(n1CCCC(N)=O)CC(C)(C)CC2O. The minimum Gasteiger partial charge on any atom is -0.388 e. The molecular weight excluding hydrogens is 240 g/mol. The van der Waals surface area contributed by atoms with Crippen molar-refractivity contribution in [2.24, 2.45) is 11.1 Å². The molecule has 1 heterocycles. The Kier molecular flexibility index (Phi) is 3.72. The van der Waals surface area contributed by atoms with Gasteiger partial charge < -0.3 is 15.4 Å². The Hall–Kier alpha value is -1.29. The number of hydrogen-bond donors (Lipinski definition) is 2. The van der Waals surface area contributed by atoms with Crippen molar-refractivity contribution >= 4 is 5.91 Å². The number of aliphatic hydroxyl groups is 1. The van der Waals surface area contributed by atoms with Crippen molar-refractivity contribution in [3.8, 4) is 0 Å². The van der Waals surface area contributed by atoms with Crippen LogP contribution in [0.15, 0.2) is 6.07 Å². The van der Waals surface area contributed by atoms with Gasteiger partial charge in [0, 0.05) is 29.9 Å². The maximum Gasteiger partial charge on any atom is 0.217 e. The fourth-order valence-corrected chi connectivity index (χ4v) is 3.12. The highest BCUT2D eigenvalue weighted by molar-refractivity contribution is 5.73. The number of aryl methyl sites for hydroxylation is 1. The largest absolute Gasteiger partial charge is 0.388 e. The van der Waals surface area contributed by atoms with Crippen LogP contribution < -0.4 is 5.73 Å². The molecular formula is C15H24N2O2. The summed E-state index contributed by atoms with van der Waals surface area (Å²) in [5.74, 6) is -0.251. The van der Waals surface area contributed by atoms with Gasteiger partial charge in [-0.3, -0.25) is 4.79 Å². The van der Waals surface area contributed by atoms with Gasteiger partial charge >= 0.3 is 0 Å². The summed E-state index contributed by atoms with van der Waals surface area (Å²) >= 11 is 0. The molecule has 1 aliphatic rings. The molecule has 1 atom stereocenters. The molecule has 2 rings (SSSR count). The highest BCUT2D eigenvalue weighted by Gasteiger charge is 2.33. The minimum absolute atomic E-state index is 0.124. The molecule has 1 aliphatic carbocycles. The van der Waals surface area contributed by atoms with Gasteiger partial charge in [-0.1, -0.05) is 13.8 Å². The molecule has 19 heavy (non-hydrogen) atoms. The maximum atomic E-state index is 10.8. The Bertz CT molecular complexity index is 489. The number of fused-ring (bicyclic) bond motifs is 1. The molecule has 1 aromatic rings. The van der Waals surface area contributed by atoms with E-state index in [9.17, 15) is 9.90 Å². The normalized spacial score (nSPS) is 21.2. The summed E-state index contributed by atoms with van der Waals surface area (Å²) in [6.07, 6.45) is 2.59. The highest BCUT2D eigenvalue weighted by Crippen LogP contribution is 2.41. The second kappa shape index (κ2) is 5.00. The summed E-state index contributed by atoms with van der Waals surface area (Å²) in [4.78, 5) is 10.8. The van der Waals surface area contributed by atoms with Crippen molar-refractivity contribution in [1.82, 2.24) is 4.57 Å². The van der Waals surface area contributed by atoms with Gasteiger partial charge in [-0.05, 0) is 37.7 Å². The molecule has 0 saturated heterocycles. The Morgan fingerprint density at radius 3 is 2.89 bits per heavy atom. The van der Waals surface area contributed by atoms with E-state index in [1.165, 1.54) is 5.69 Å². The number of nitrogens with zero attached hydrogens (tertiary/aromatic N) is 1. The predicted molar refractivity (Wildman–Crippen MR) is 74.7 cm³/mol. The number of amides is 1. The van der Waals surface area contributed by atoms with E-state index in [2.05, 4.69) is 31.4 Å². The highest BCUT2D eigenvalue weighted by atomic mass is 16.3. The lowest BCUT2D eigenvalue weighted by atomic mass is 9.75. The van der Waals surface area contributed by atoms with Crippen molar-refractivity contribution in [3.63, 3.8) is 0 Å². The first-order valence-corrected chi connectivity index (χ1v) is 6.95. The Balaban J connectivity index is 2.23. The molecule has 1 amide bonds. The fourth-order valence-electron chi connectivity index (χ4n) is 3.12. The van der Waals surface area contributed by atoms with Crippen LogP contribution in [0.2, 0.25) is 0 Å². The average molecular weight is 264 g/mol. The van der Waals surface area contributed by atoms with Crippen molar-refractivity contribution in [2.45, 2.75) is 59.1 Å². The summed E-state index contributed by atoms with van der Waals surface area (Å²) in [7, 11) is 0. The molecule has 0 fully saturated rings. The minimum atomic E-state index is -0.366. The molecule has 0 spiro atoms. The van der Waals surface area contributed by atoms with Gasteiger partial charge in [-0.25, -0.2) is 0 Å². The smallest absolute Gasteiger partial charge is 0.217 e. The fraction of sp³-hybridized carbons (Fsp3) is 0.667. The van der Waals surface area contributed by atoms with Gasteiger partial charge in [0.05, 0.1) is 6.10 Å². The third kappa shape index (κ3) is 3.00. The van der Waals surface area contributed by atoms with Crippen LogP contribution in [0.3, 0.4) is 0 Å². The van der Waals surface area contributed by atoms with Gasteiger partial charge in [0.1, 0.15) is 0 Å². The Morgan fingerprint density at radius 1 is 1.58 bits per heavy atom. The lowest BCUT2D eigenvalue weighted by Gasteiger charge is -2.34. The molecule has 0 radical (unpaired) electrons. The summed E-state index contributed by atoms with van der Waals surface area (Å²) in [5, 5.41) is 10.3. The number of carbonyl (C=O) groups excluding carboxylic acids is 1. The molecule has 0 aliphatic heterocycles. The second-order valence-corrected chi connectivity index (χ2v) is 6.47. The third-order valence-electron chi connectivity index (χ3n) is 4.01. The number of nitrogens with two attached hydrogens (primary N) is 1. The van der Waals surface area contributed by atoms with Crippen LogP contribution in [0.25, 0.3) is 0 Å². The van der Waals surface area contributed by atoms with Crippen molar-refractivity contribution in [3.05, 3.63) is 23.0 Å². The summed E-state index contributed by atoms with van der Waals surface area (Å²) < 4.78 is 2.24. The molecule has 1 unspecified atom stereocenters. The molecule has 4 nitrogen and oxygen atoms in total. The zero-order chi connectivity index (χ0) is 14.2. The van der Waals surface area contributed by atoms with Gasteiger partial charge in [0.25, 0.3) is 0 Å². The van der Waals surface area contributed by atoms with E-state index in [-0.39, 0.29) is 17.4 Å². The van der Waals surface area contributed by atoms with Crippen LogP contribution in [0.4, 0.5) is 0 Å². The van der Waals surface area contributed by atoms with E-state index in [1.54, 1.807) is 0 Å². The van der Waals surface area contributed by atoms with Crippen LogP contribution in [-0.2, 0) is 17.8 Å². The van der Waals surface area contributed by atoms with E-state index in [4.69, 9.17) is 5.73 Å². The first-order valence-electron chi connectivity index (χ1n) is 6.95. The molecule has 106 valence electrons. The van der Waals surface area contributed by atoms with Crippen molar-refractivity contribution < 1.29 is 9.90 Å². The maximum absolute atomic E-state index is 10.8. The van der Waals surface area contributed by atoms with Crippen LogP contribution in [-0.4, -0.2) is 15.6 Å².